The van der Waals surface area contributed by atoms with Crippen LogP contribution in [0.15, 0.2) is 186 Å². The summed E-state index contributed by atoms with van der Waals surface area (Å²) in [5.74, 6) is 5.43. The molecule has 56 heavy (non-hydrogen) atoms. The molecular weight excluding hydrogens is 691 g/mol. The minimum absolute atomic E-state index is 0.607. The van der Waals surface area contributed by atoms with Crippen molar-refractivity contribution in [3.63, 3.8) is 0 Å². The van der Waals surface area contributed by atoms with Crippen molar-refractivity contribution < 1.29 is 13.9 Å². The molecule has 0 N–H and O–H groups in total. The third kappa shape index (κ3) is 4.29. The molecule has 3 aliphatic rings. The van der Waals surface area contributed by atoms with E-state index in [9.17, 15) is 0 Å². The van der Waals surface area contributed by atoms with E-state index < -0.39 is 5.41 Å². The lowest BCUT2D eigenvalue weighted by molar-refractivity contribution is 0.306. The molecule has 1 atom stereocenters. The van der Waals surface area contributed by atoms with Crippen LogP contribution in [0.1, 0.15) is 22.5 Å². The van der Waals surface area contributed by atoms with Gasteiger partial charge in [0, 0.05) is 22.1 Å². The average Bonchev–Trinajstić information content (AvgIpc) is 3.90. The number of furan rings is 1. The van der Waals surface area contributed by atoms with Crippen LogP contribution in [-0.2, 0) is 5.41 Å². The topological polar surface area (TPSA) is 70.3 Å². The summed E-state index contributed by atoms with van der Waals surface area (Å²) in [4.78, 5) is 14.9. The summed E-state index contributed by atoms with van der Waals surface area (Å²) in [5.41, 5.74) is 10.1. The van der Waals surface area contributed by atoms with Crippen molar-refractivity contribution in [3.8, 4) is 67.9 Å². The van der Waals surface area contributed by atoms with Crippen molar-refractivity contribution in [2.45, 2.75) is 5.41 Å². The van der Waals surface area contributed by atoms with E-state index in [2.05, 4.69) is 72.8 Å². The van der Waals surface area contributed by atoms with Crippen molar-refractivity contribution in [2.24, 2.45) is 0 Å². The highest BCUT2D eigenvalue weighted by atomic mass is 16.6. The number of hydrogen-bond donors (Lipinski definition) is 0. The normalized spacial score (nSPS) is 15.8. The number of rotatable bonds is 4. The molecule has 12 rings (SSSR count). The highest BCUT2D eigenvalue weighted by Gasteiger charge is 2.61. The summed E-state index contributed by atoms with van der Waals surface area (Å²) in [6.45, 7) is 0. The predicted molar refractivity (Wildman–Crippen MR) is 218 cm³/mol. The van der Waals surface area contributed by atoms with Crippen LogP contribution in [0.5, 0.6) is 11.5 Å². The van der Waals surface area contributed by atoms with Gasteiger partial charge in [-0.25, -0.2) is 15.0 Å². The van der Waals surface area contributed by atoms with Gasteiger partial charge >= 0.3 is 0 Å². The Balaban J connectivity index is 1.06. The van der Waals surface area contributed by atoms with Gasteiger partial charge in [-0.2, -0.15) is 0 Å². The van der Waals surface area contributed by atoms with Crippen LogP contribution in [0.25, 0.3) is 73.1 Å². The van der Waals surface area contributed by atoms with Crippen LogP contribution in [-0.4, -0.2) is 15.0 Å². The Hall–Kier alpha value is -7.57. The lowest BCUT2D eigenvalue weighted by Crippen LogP contribution is -2.31. The molecule has 3 heterocycles. The minimum Gasteiger partial charge on any atom is -0.458 e. The minimum atomic E-state index is -0.915. The molecule has 0 amide bonds. The molecule has 9 aromatic rings. The van der Waals surface area contributed by atoms with Gasteiger partial charge in [0.25, 0.3) is 0 Å². The zero-order valence-corrected chi connectivity index (χ0v) is 29.8. The second-order valence-electron chi connectivity index (χ2n) is 14.3. The highest BCUT2D eigenvalue weighted by molar-refractivity contribution is 6.02. The molecule has 0 saturated carbocycles. The standard InChI is InChI=1S/C50H29N3O3/c1-3-14-31(15-4-1)47-51-48(32-16-5-2-6-17-32)53-49(52-47)33-28-26-30(27-29-33)34-20-13-21-36-35-18-7-9-22-38(35)50(43(34)36)45-42(37-19-8-10-23-39(37)55-45)44-46(50)56-41-25-12-11-24-40(41)54-44/h1-29H. The Morgan fingerprint density at radius 3 is 1.66 bits per heavy atom. The predicted octanol–water partition coefficient (Wildman–Crippen LogP) is 11.8. The second kappa shape index (κ2) is 11.7. The van der Waals surface area contributed by atoms with Gasteiger partial charge in [0.1, 0.15) is 16.8 Å². The Morgan fingerprint density at radius 2 is 0.946 bits per heavy atom. The van der Waals surface area contributed by atoms with Crippen LogP contribution in [0.2, 0.25) is 0 Å². The van der Waals surface area contributed by atoms with E-state index in [4.69, 9.17) is 28.8 Å². The van der Waals surface area contributed by atoms with E-state index in [-0.39, 0.29) is 0 Å². The van der Waals surface area contributed by atoms with Crippen molar-refractivity contribution >= 4 is 16.7 Å². The van der Waals surface area contributed by atoms with Crippen LogP contribution in [0, 0.1) is 0 Å². The molecule has 1 unspecified atom stereocenters. The number of para-hydroxylation sites is 3. The van der Waals surface area contributed by atoms with Gasteiger partial charge in [-0.15, -0.1) is 0 Å². The molecule has 6 heteroatoms. The molecule has 262 valence electrons. The smallest absolute Gasteiger partial charge is 0.179 e. The van der Waals surface area contributed by atoms with Gasteiger partial charge in [-0.05, 0) is 51.6 Å². The Bertz CT molecular complexity index is 3020. The zero-order valence-electron chi connectivity index (χ0n) is 29.8. The van der Waals surface area contributed by atoms with Crippen LogP contribution in [0.4, 0.5) is 0 Å². The van der Waals surface area contributed by atoms with Gasteiger partial charge in [0.05, 0.1) is 5.56 Å². The van der Waals surface area contributed by atoms with Gasteiger partial charge in [-0.3, -0.25) is 0 Å². The lowest BCUT2D eigenvalue weighted by atomic mass is 9.73. The van der Waals surface area contributed by atoms with E-state index in [0.29, 0.717) is 34.7 Å². The molecule has 7 aromatic carbocycles. The SMILES string of the molecule is c1ccc(-c2nc(-c3ccccc3)nc(-c3ccc(-c4cccc5c4C4(C6=C(Oc7ccccc7O6)c6c4oc4ccccc64)c4ccccc4-5)cc3)n2)cc1. The van der Waals surface area contributed by atoms with Crippen molar-refractivity contribution in [2.75, 3.05) is 0 Å². The van der Waals surface area contributed by atoms with Gasteiger partial charge in [-0.1, -0.05) is 158 Å². The molecule has 1 aliphatic heterocycles. The fraction of sp³-hybridized carbons (Fsp3) is 0.0200. The fourth-order valence-corrected chi connectivity index (χ4v) is 8.79. The summed E-state index contributed by atoms with van der Waals surface area (Å²) in [6, 6.07) is 59.8. The van der Waals surface area contributed by atoms with Gasteiger partial charge in [0.2, 0.25) is 0 Å². The molecule has 6 nitrogen and oxygen atoms in total. The number of ether oxygens (including phenoxy) is 2. The number of allylic oxidation sites excluding steroid dienone is 1. The summed E-state index contributed by atoms with van der Waals surface area (Å²) >= 11 is 0. The third-order valence-electron chi connectivity index (χ3n) is 11.2. The Morgan fingerprint density at radius 1 is 0.411 bits per heavy atom. The summed E-state index contributed by atoms with van der Waals surface area (Å²) in [6.07, 6.45) is 0. The van der Waals surface area contributed by atoms with E-state index in [0.717, 1.165) is 78.1 Å². The fourth-order valence-electron chi connectivity index (χ4n) is 8.79. The van der Waals surface area contributed by atoms with E-state index in [1.807, 2.05) is 103 Å². The monoisotopic (exact) mass is 719 g/mol. The van der Waals surface area contributed by atoms with Crippen LogP contribution < -0.4 is 9.47 Å². The zero-order chi connectivity index (χ0) is 36.8. The maximum atomic E-state index is 7.03. The molecule has 0 fully saturated rings. The second-order valence-corrected chi connectivity index (χ2v) is 14.3. The van der Waals surface area contributed by atoms with Gasteiger partial charge in [0.15, 0.2) is 40.5 Å². The lowest BCUT2D eigenvalue weighted by Gasteiger charge is -2.32. The number of aromatic nitrogens is 3. The number of hydrogen-bond acceptors (Lipinski definition) is 6. The largest absolute Gasteiger partial charge is 0.458 e. The number of nitrogens with zero attached hydrogens (tertiary/aromatic N) is 3. The molecule has 1 spiro atoms. The molecular formula is C50H29N3O3. The molecule has 0 saturated heterocycles. The van der Waals surface area contributed by atoms with Crippen LogP contribution in [0.3, 0.4) is 0 Å². The van der Waals surface area contributed by atoms with E-state index >= 15 is 0 Å². The van der Waals surface area contributed by atoms with E-state index in [1.54, 1.807) is 0 Å². The van der Waals surface area contributed by atoms with Gasteiger partial charge < -0.3 is 13.9 Å². The summed E-state index contributed by atoms with van der Waals surface area (Å²) in [5, 5.41) is 0.990. The third-order valence-corrected chi connectivity index (χ3v) is 11.2. The maximum Gasteiger partial charge on any atom is 0.179 e. The van der Waals surface area contributed by atoms with Crippen molar-refractivity contribution in [1.82, 2.24) is 15.0 Å². The average molecular weight is 720 g/mol. The first-order chi connectivity index (χ1) is 27.8. The van der Waals surface area contributed by atoms with Crippen LogP contribution >= 0.6 is 0 Å². The first-order valence-corrected chi connectivity index (χ1v) is 18.7. The number of fused-ring (bicyclic) bond motifs is 12. The maximum absolute atomic E-state index is 7.03. The first-order valence-electron chi connectivity index (χ1n) is 18.7. The van der Waals surface area contributed by atoms with Crippen molar-refractivity contribution in [3.05, 3.63) is 204 Å². The Kier molecular flexibility index (Phi) is 6.45. The molecule has 2 aromatic heterocycles. The Labute approximate surface area is 322 Å². The molecule has 0 radical (unpaired) electrons. The highest BCUT2D eigenvalue weighted by Crippen LogP contribution is 2.66. The molecule has 0 bridgehead atoms. The van der Waals surface area contributed by atoms with E-state index in [1.165, 1.54) is 0 Å². The summed E-state index contributed by atoms with van der Waals surface area (Å²) < 4.78 is 20.9. The quantitative estimate of drug-likeness (QED) is 0.180. The number of benzene rings is 7. The van der Waals surface area contributed by atoms with Crippen molar-refractivity contribution in [1.29, 1.82) is 0 Å². The first kappa shape index (κ1) is 30.8. The summed E-state index contributed by atoms with van der Waals surface area (Å²) in [7, 11) is 0. The molecule has 2 aliphatic carbocycles.